The molecule has 1 atom stereocenters. The van der Waals surface area contributed by atoms with Gasteiger partial charge in [0.15, 0.2) is 4.80 Å². The van der Waals surface area contributed by atoms with Crippen LogP contribution in [-0.4, -0.2) is 21.6 Å². The van der Waals surface area contributed by atoms with E-state index in [-0.39, 0.29) is 21.4 Å². The number of thiazole rings is 1. The van der Waals surface area contributed by atoms with Gasteiger partial charge < -0.3 is 9.67 Å². The lowest BCUT2D eigenvalue weighted by atomic mass is 10.1. The lowest BCUT2D eigenvalue weighted by Gasteiger charge is -2.14. The van der Waals surface area contributed by atoms with E-state index in [1.807, 2.05) is 0 Å². The average Bonchev–Trinajstić information content (AvgIpc) is 3.04. The maximum absolute atomic E-state index is 13.5. The molecule has 0 fully saturated rings. The molecule has 2 aromatic carbocycles. The first kappa shape index (κ1) is 23.5. The number of hydrogen-bond acceptors (Lipinski definition) is 3. The van der Waals surface area contributed by atoms with Crippen LogP contribution in [0, 0.1) is 0 Å². The largest absolute Gasteiger partial charge is 0.480 e. The highest BCUT2D eigenvalue weighted by Crippen LogP contribution is 2.37. The summed E-state index contributed by atoms with van der Waals surface area (Å²) >= 11 is 0.441. The Balaban J connectivity index is 2.28. The molecule has 1 amide bonds. The van der Waals surface area contributed by atoms with E-state index in [0.717, 1.165) is 34.9 Å². The van der Waals surface area contributed by atoms with Gasteiger partial charge in [0.25, 0.3) is 5.91 Å². The second-order valence-corrected chi connectivity index (χ2v) is 7.64. The Morgan fingerprint density at radius 3 is 2.28 bits per heavy atom. The second kappa shape index (κ2) is 8.41. The van der Waals surface area contributed by atoms with Gasteiger partial charge in [0.1, 0.15) is 6.04 Å². The summed E-state index contributed by atoms with van der Waals surface area (Å²) in [6, 6.07) is 5.22. The topological polar surface area (TPSA) is 71.7 Å². The molecular formula is C20H14F6N2O3S. The number of rotatable bonds is 4. The predicted octanol–water partition coefficient (Wildman–Crippen LogP) is 5.52. The number of carbonyl (C=O) groups excluding carboxylic acids is 1. The van der Waals surface area contributed by atoms with Crippen LogP contribution in [0.2, 0.25) is 0 Å². The predicted molar refractivity (Wildman–Crippen MR) is 103 cm³/mol. The maximum Gasteiger partial charge on any atom is 0.417 e. The zero-order valence-electron chi connectivity index (χ0n) is 16.2. The Bertz CT molecular complexity index is 1260. The van der Waals surface area contributed by atoms with Crippen molar-refractivity contribution in [1.82, 2.24) is 4.57 Å². The van der Waals surface area contributed by atoms with Crippen LogP contribution in [0.25, 0.3) is 10.2 Å². The summed E-state index contributed by atoms with van der Waals surface area (Å²) in [5, 5.41) is 9.55. The molecule has 32 heavy (non-hydrogen) atoms. The van der Waals surface area contributed by atoms with Gasteiger partial charge in [0.05, 0.1) is 21.3 Å². The van der Waals surface area contributed by atoms with Crippen LogP contribution in [0.1, 0.15) is 40.9 Å². The van der Waals surface area contributed by atoms with E-state index < -0.39 is 47.0 Å². The number of halogens is 6. The van der Waals surface area contributed by atoms with Gasteiger partial charge in [-0.15, -0.1) is 0 Å². The zero-order valence-corrected chi connectivity index (χ0v) is 17.0. The molecule has 1 unspecified atom stereocenters. The molecule has 170 valence electrons. The number of carboxylic acids is 1. The van der Waals surface area contributed by atoms with E-state index in [0.29, 0.717) is 17.4 Å². The summed E-state index contributed by atoms with van der Waals surface area (Å²) < 4.78 is 79.9. The summed E-state index contributed by atoms with van der Waals surface area (Å²) in [7, 11) is 0. The lowest BCUT2D eigenvalue weighted by Crippen LogP contribution is -2.27. The molecule has 12 heteroatoms. The van der Waals surface area contributed by atoms with Crippen LogP contribution in [0.15, 0.2) is 47.5 Å². The van der Waals surface area contributed by atoms with Crippen LogP contribution in [0.5, 0.6) is 0 Å². The fourth-order valence-corrected chi connectivity index (χ4v) is 4.31. The molecule has 1 aromatic heterocycles. The molecule has 3 aromatic rings. The van der Waals surface area contributed by atoms with Gasteiger partial charge in [-0.1, -0.05) is 30.4 Å². The molecule has 0 aliphatic carbocycles. The van der Waals surface area contributed by atoms with Crippen molar-refractivity contribution in [3.8, 4) is 0 Å². The van der Waals surface area contributed by atoms with E-state index >= 15 is 0 Å². The first-order chi connectivity index (χ1) is 14.8. The SMILES string of the molecule is CCC(C(=O)O)n1/c(=N/C(=O)c2cccc(C(F)(F)F)c2)sc2c(C(F)(F)F)cccc21. The van der Waals surface area contributed by atoms with E-state index in [2.05, 4.69) is 4.99 Å². The minimum absolute atomic E-state index is 0.0393. The highest BCUT2D eigenvalue weighted by molar-refractivity contribution is 7.16. The minimum Gasteiger partial charge on any atom is -0.480 e. The van der Waals surface area contributed by atoms with E-state index in [1.54, 1.807) is 0 Å². The average molecular weight is 476 g/mol. The van der Waals surface area contributed by atoms with Gasteiger partial charge in [-0.2, -0.15) is 31.3 Å². The highest BCUT2D eigenvalue weighted by Gasteiger charge is 2.35. The van der Waals surface area contributed by atoms with Gasteiger partial charge >= 0.3 is 18.3 Å². The smallest absolute Gasteiger partial charge is 0.417 e. The third-order valence-electron chi connectivity index (χ3n) is 4.58. The third kappa shape index (κ3) is 4.54. The van der Waals surface area contributed by atoms with Crippen LogP contribution < -0.4 is 4.80 Å². The van der Waals surface area contributed by atoms with Crippen LogP contribution in [0.3, 0.4) is 0 Å². The number of aliphatic carboxylic acids is 1. The normalized spacial score (nSPS) is 14.0. The molecule has 0 bridgehead atoms. The van der Waals surface area contributed by atoms with Crippen molar-refractivity contribution in [3.63, 3.8) is 0 Å². The number of hydrogen-bond donors (Lipinski definition) is 1. The Morgan fingerprint density at radius 2 is 1.72 bits per heavy atom. The Hall–Kier alpha value is -3.15. The number of carbonyl (C=O) groups is 2. The fraction of sp³-hybridized carbons (Fsp3) is 0.250. The van der Waals surface area contributed by atoms with Gasteiger partial charge in [0.2, 0.25) is 0 Å². The van der Waals surface area contributed by atoms with Crippen LogP contribution >= 0.6 is 11.3 Å². The molecule has 0 aliphatic heterocycles. The number of alkyl halides is 6. The Labute approximate surface area is 180 Å². The van der Waals surface area contributed by atoms with Gasteiger partial charge in [-0.25, -0.2) is 4.79 Å². The number of amides is 1. The first-order valence-electron chi connectivity index (χ1n) is 9.05. The van der Waals surface area contributed by atoms with Gasteiger partial charge in [0, 0.05) is 5.56 Å². The van der Waals surface area contributed by atoms with Crippen LogP contribution in [0.4, 0.5) is 26.3 Å². The molecule has 0 saturated carbocycles. The fourth-order valence-electron chi connectivity index (χ4n) is 3.11. The zero-order chi connectivity index (χ0) is 23.8. The van der Waals surface area contributed by atoms with Crippen molar-refractivity contribution in [2.75, 3.05) is 0 Å². The van der Waals surface area contributed by atoms with Crippen LogP contribution in [-0.2, 0) is 17.1 Å². The van der Waals surface area contributed by atoms with Gasteiger partial charge in [-0.3, -0.25) is 4.79 Å². The molecule has 5 nitrogen and oxygen atoms in total. The molecule has 0 spiro atoms. The summed E-state index contributed by atoms with van der Waals surface area (Å²) in [6.45, 7) is 1.49. The van der Waals surface area contributed by atoms with Crippen molar-refractivity contribution >= 4 is 33.4 Å². The van der Waals surface area contributed by atoms with Crippen molar-refractivity contribution in [1.29, 1.82) is 0 Å². The third-order valence-corrected chi connectivity index (χ3v) is 5.68. The van der Waals surface area contributed by atoms with E-state index in [1.165, 1.54) is 13.0 Å². The number of fused-ring (bicyclic) bond motifs is 1. The molecule has 1 N–H and O–H groups in total. The molecule has 3 rings (SSSR count). The summed E-state index contributed by atoms with van der Waals surface area (Å²) in [6.07, 6.45) is -9.51. The lowest BCUT2D eigenvalue weighted by molar-refractivity contribution is -0.141. The van der Waals surface area contributed by atoms with Crippen molar-refractivity contribution < 1.29 is 41.0 Å². The number of aromatic nitrogens is 1. The van der Waals surface area contributed by atoms with Crippen molar-refractivity contribution in [3.05, 3.63) is 64.0 Å². The Kier molecular flexibility index (Phi) is 6.18. The quantitative estimate of drug-likeness (QED) is 0.505. The Morgan fingerprint density at radius 1 is 1.06 bits per heavy atom. The minimum atomic E-state index is -4.75. The van der Waals surface area contributed by atoms with Gasteiger partial charge in [-0.05, 0) is 36.8 Å². The number of nitrogens with zero attached hydrogens (tertiary/aromatic N) is 2. The molecule has 1 heterocycles. The summed E-state index contributed by atoms with van der Waals surface area (Å²) in [5.41, 5.74) is -2.68. The van der Waals surface area contributed by atoms with E-state index in [4.69, 9.17) is 0 Å². The number of carboxylic acid groups (broad SMARTS) is 1. The highest BCUT2D eigenvalue weighted by atomic mass is 32.1. The summed E-state index contributed by atoms with van der Waals surface area (Å²) in [5.74, 6) is -2.51. The molecule has 0 radical (unpaired) electrons. The number of benzene rings is 2. The summed E-state index contributed by atoms with van der Waals surface area (Å²) in [4.78, 5) is 27.6. The standard InChI is InChI=1S/C20H14F6N2O3S/c1-2-13(17(30)31)28-14-8-4-7-12(20(24,25)26)15(14)32-18(28)27-16(29)10-5-3-6-11(9-10)19(21,22)23/h3-9,13H,2H2,1H3,(H,30,31)/b27-18-. The molecular weight excluding hydrogens is 462 g/mol. The first-order valence-corrected chi connectivity index (χ1v) is 9.86. The molecule has 0 aliphatic rings. The monoisotopic (exact) mass is 476 g/mol. The van der Waals surface area contributed by atoms with E-state index in [9.17, 15) is 41.0 Å². The van der Waals surface area contributed by atoms with Crippen molar-refractivity contribution in [2.24, 2.45) is 4.99 Å². The maximum atomic E-state index is 13.5. The van der Waals surface area contributed by atoms with Crippen molar-refractivity contribution in [2.45, 2.75) is 31.7 Å². The second-order valence-electron chi connectivity index (χ2n) is 6.66. The molecule has 0 saturated heterocycles.